The van der Waals surface area contributed by atoms with Crippen molar-refractivity contribution in [2.24, 2.45) is 0 Å². The Bertz CT molecular complexity index is 1550. The summed E-state index contributed by atoms with van der Waals surface area (Å²) in [6.07, 6.45) is 1.61. The zero-order valence-corrected chi connectivity index (χ0v) is 24.7. The number of ether oxygens (including phenoxy) is 1. The average molecular weight is 564 g/mol. The molecule has 4 aromatic carbocycles. The van der Waals surface area contributed by atoms with Crippen molar-refractivity contribution < 1.29 is 14.3 Å². The van der Waals surface area contributed by atoms with Crippen LogP contribution in [0.4, 0.5) is 17.1 Å². The fraction of sp³-hybridized carbons (Fsp3) is 0.147. The molecule has 5 rings (SSSR count). The first-order valence-corrected chi connectivity index (χ1v) is 13.8. The van der Waals surface area contributed by atoms with Crippen LogP contribution in [0.1, 0.15) is 25.0 Å². The molecule has 1 fully saturated rings. The standard InChI is InChI=1S/C32H27N3O3S.C2H6/c1-22-9-17-27(18-10-22)38-28-19-15-26(16-20-28)35-31(37)29(21-23-11-13-24(14-12-23)33(2)3)30(36)34(32(35)39)25-7-5-4-6-8-25;1-2/h4-21H,1-3H3;1-2H3/b29-21+;. The van der Waals surface area contributed by atoms with Crippen LogP contribution in [0, 0.1) is 6.92 Å². The number of aryl methyl sites for hydroxylation is 1. The molecule has 1 aliphatic heterocycles. The first-order valence-electron chi connectivity index (χ1n) is 13.4. The van der Waals surface area contributed by atoms with E-state index in [2.05, 4.69) is 0 Å². The van der Waals surface area contributed by atoms with Gasteiger partial charge in [0.15, 0.2) is 5.11 Å². The van der Waals surface area contributed by atoms with E-state index < -0.39 is 11.8 Å². The third-order valence-electron chi connectivity index (χ3n) is 6.34. The Morgan fingerprint density at radius 1 is 0.683 bits per heavy atom. The second-order valence-corrected chi connectivity index (χ2v) is 9.72. The lowest BCUT2D eigenvalue weighted by Gasteiger charge is -2.36. The minimum Gasteiger partial charge on any atom is -0.457 e. The van der Waals surface area contributed by atoms with Crippen LogP contribution in [0.3, 0.4) is 0 Å². The average Bonchev–Trinajstić information content (AvgIpc) is 2.99. The van der Waals surface area contributed by atoms with E-state index in [-0.39, 0.29) is 10.7 Å². The maximum Gasteiger partial charge on any atom is 0.270 e. The van der Waals surface area contributed by atoms with E-state index in [9.17, 15) is 9.59 Å². The second kappa shape index (κ2) is 13.1. The van der Waals surface area contributed by atoms with Gasteiger partial charge in [-0.05, 0) is 91.4 Å². The molecular formula is C34H33N3O3S. The van der Waals surface area contributed by atoms with Crippen molar-refractivity contribution in [1.82, 2.24) is 0 Å². The molecule has 0 aromatic heterocycles. The van der Waals surface area contributed by atoms with Gasteiger partial charge in [0.25, 0.3) is 11.8 Å². The monoisotopic (exact) mass is 563 g/mol. The van der Waals surface area contributed by atoms with Gasteiger partial charge in [-0.25, -0.2) is 0 Å². The van der Waals surface area contributed by atoms with E-state index in [0.717, 1.165) is 16.8 Å². The molecule has 208 valence electrons. The third kappa shape index (κ3) is 6.53. The molecule has 0 saturated carbocycles. The third-order valence-corrected chi connectivity index (χ3v) is 6.70. The summed E-state index contributed by atoms with van der Waals surface area (Å²) < 4.78 is 5.95. The van der Waals surface area contributed by atoms with E-state index in [1.165, 1.54) is 9.80 Å². The van der Waals surface area contributed by atoms with Crippen molar-refractivity contribution >= 4 is 52.3 Å². The van der Waals surface area contributed by atoms with Crippen LogP contribution in [0.2, 0.25) is 0 Å². The predicted molar refractivity (Wildman–Crippen MR) is 172 cm³/mol. The summed E-state index contributed by atoms with van der Waals surface area (Å²) in [6, 6.07) is 31.6. The predicted octanol–water partition coefficient (Wildman–Crippen LogP) is 7.63. The van der Waals surface area contributed by atoms with Crippen molar-refractivity contribution in [2.75, 3.05) is 28.8 Å². The minimum absolute atomic E-state index is 0.0186. The molecule has 0 bridgehead atoms. The highest BCUT2D eigenvalue weighted by Crippen LogP contribution is 2.32. The molecule has 0 unspecified atom stereocenters. The number of thiocarbonyl (C=S) groups is 1. The zero-order chi connectivity index (χ0) is 29.5. The van der Waals surface area contributed by atoms with Gasteiger partial charge in [-0.15, -0.1) is 0 Å². The Kier molecular flexibility index (Phi) is 9.32. The normalized spacial score (nSPS) is 14.1. The van der Waals surface area contributed by atoms with Gasteiger partial charge in [0.2, 0.25) is 0 Å². The van der Waals surface area contributed by atoms with E-state index in [0.29, 0.717) is 22.9 Å². The van der Waals surface area contributed by atoms with Crippen molar-refractivity contribution in [2.45, 2.75) is 20.8 Å². The van der Waals surface area contributed by atoms with Gasteiger partial charge in [-0.1, -0.05) is 61.9 Å². The van der Waals surface area contributed by atoms with Gasteiger partial charge in [0, 0.05) is 19.8 Å². The number of carbonyl (C=O) groups excluding carboxylic acids is 2. The molecule has 0 atom stereocenters. The van der Waals surface area contributed by atoms with Crippen LogP contribution in [-0.4, -0.2) is 31.0 Å². The highest BCUT2D eigenvalue weighted by atomic mass is 32.1. The number of nitrogens with zero attached hydrogens (tertiary/aromatic N) is 3. The number of rotatable bonds is 6. The Morgan fingerprint density at radius 2 is 1.17 bits per heavy atom. The summed E-state index contributed by atoms with van der Waals surface area (Å²) in [5.41, 5.74) is 4.02. The summed E-state index contributed by atoms with van der Waals surface area (Å²) in [5.74, 6) is 0.375. The Labute approximate surface area is 247 Å². The Morgan fingerprint density at radius 3 is 1.68 bits per heavy atom. The molecule has 0 spiro atoms. The molecule has 2 amide bonds. The van der Waals surface area contributed by atoms with Crippen LogP contribution in [0.25, 0.3) is 6.08 Å². The van der Waals surface area contributed by atoms with Crippen LogP contribution in [0.5, 0.6) is 11.5 Å². The van der Waals surface area contributed by atoms with Crippen LogP contribution in [-0.2, 0) is 9.59 Å². The molecule has 1 saturated heterocycles. The number of carbonyl (C=O) groups is 2. The summed E-state index contributed by atoms with van der Waals surface area (Å²) in [4.78, 5) is 32.2. The summed E-state index contributed by atoms with van der Waals surface area (Å²) in [7, 11) is 3.91. The molecule has 1 heterocycles. The summed E-state index contributed by atoms with van der Waals surface area (Å²) >= 11 is 5.73. The Hall–Kier alpha value is -4.75. The number of hydrogen-bond acceptors (Lipinski definition) is 5. The largest absolute Gasteiger partial charge is 0.457 e. The van der Waals surface area contributed by atoms with Gasteiger partial charge < -0.3 is 9.64 Å². The number of benzene rings is 4. The molecule has 7 heteroatoms. The van der Waals surface area contributed by atoms with Crippen LogP contribution < -0.4 is 19.4 Å². The first-order chi connectivity index (χ1) is 19.8. The smallest absolute Gasteiger partial charge is 0.270 e. The number of hydrogen-bond donors (Lipinski definition) is 0. The minimum atomic E-state index is -0.485. The second-order valence-electron chi connectivity index (χ2n) is 9.35. The lowest BCUT2D eigenvalue weighted by molar-refractivity contribution is -0.120. The number of amides is 2. The lowest BCUT2D eigenvalue weighted by atomic mass is 10.0. The van der Waals surface area contributed by atoms with E-state index in [1.807, 2.05) is 106 Å². The molecule has 4 aromatic rings. The molecule has 6 nitrogen and oxygen atoms in total. The zero-order valence-electron chi connectivity index (χ0n) is 23.9. The van der Waals surface area contributed by atoms with Gasteiger partial charge in [0.1, 0.15) is 17.1 Å². The molecule has 0 N–H and O–H groups in total. The van der Waals surface area contributed by atoms with Gasteiger partial charge in [0.05, 0.1) is 11.4 Å². The van der Waals surface area contributed by atoms with Crippen molar-refractivity contribution in [3.63, 3.8) is 0 Å². The summed E-state index contributed by atoms with van der Waals surface area (Å²) in [6.45, 7) is 6.02. The molecule has 1 aliphatic rings. The SMILES string of the molecule is CC.Cc1ccc(Oc2ccc(N3C(=O)/C(=C/c4ccc(N(C)C)cc4)C(=O)N(c4ccccc4)C3=S)cc2)cc1. The van der Waals surface area contributed by atoms with Crippen molar-refractivity contribution in [3.05, 3.63) is 120 Å². The van der Waals surface area contributed by atoms with Crippen LogP contribution >= 0.6 is 12.2 Å². The van der Waals surface area contributed by atoms with Crippen LogP contribution in [0.15, 0.2) is 109 Å². The summed E-state index contributed by atoms with van der Waals surface area (Å²) in [5, 5.41) is 0.0866. The molecule has 0 radical (unpaired) electrons. The topological polar surface area (TPSA) is 53.1 Å². The fourth-order valence-electron chi connectivity index (χ4n) is 4.20. The van der Waals surface area contributed by atoms with Crippen molar-refractivity contribution in [3.8, 4) is 11.5 Å². The number of para-hydroxylation sites is 1. The van der Waals surface area contributed by atoms with Gasteiger partial charge in [-0.2, -0.15) is 0 Å². The van der Waals surface area contributed by atoms with Gasteiger partial charge >= 0.3 is 0 Å². The maximum atomic E-state index is 13.8. The van der Waals surface area contributed by atoms with Crippen molar-refractivity contribution in [1.29, 1.82) is 0 Å². The van der Waals surface area contributed by atoms with Gasteiger partial charge in [-0.3, -0.25) is 19.4 Å². The van der Waals surface area contributed by atoms with E-state index in [1.54, 1.807) is 42.5 Å². The Balaban J connectivity index is 0.00000189. The van der Waals surface area contributed by atoms with E-state index in [4.69, 9.17) is 17.0 Å². The highest BCUT2D eigenvalue weighted by molar-refractivity contribution is 7.81. The highest BCUT2D eigenvalue weighted by Gasteiger charge is 2.41. The maximum absolute atomic E-state index is 13.8. The molecule has 41 heavy (non-hydrogen) atoms. The molecule has 0 aliphatic carbocycles. The first kappa shape index (κ1) is 29.2. The lowest BCUT2D eigenvalue weighted by Crippen LogP contribution is -2.56. The quantitative estimate of drug-likeness (QED) is 0.137. The van der Waals surface area contributed by atoms with E-state index >= 15 is 0 Å². The fourth-order valence-corrected chi connectivity index (χ4v) is 4.58. The molecular weight excluding hydrogens is 530 g/mol. The number of anilines is 3.